The molecule has 166 valence electrons. The average molecular weight is 405 g/mol. The van der Waals surface area contributed by atoms with Crippen LogP contribution in [-0.4, -0.2) is 30.7 Å². The minimum Gasteiger partial charge on any atom is -0.366 e. The molecule has 1 aliphatic heterocycles. The van der Waals surface area contributed by atoms with Crippen molar-refractivity contribution in [3.05, 3.63) is 36.1 Å². The number of unbranched alkanes of at least 4 members (excludes halogenated alkanes) is 12. The van der Waals surface area contributed by atoms with Crippen molar-refractivity contribution in [2.24, 2.45) is 5.73 Å². The van der Waals surface area contributed by atoms with Crippen molar-refractivity contribution in [1.82, 2.24) is 4.90 Å². The maximum atomic E-state index is 11.2. The van der Waals surface area contributed by atoms with Gasteiger partial charge in [0.1, 0.15) is 6.73 Å². The molecule has 0 aliphatic carbocycles. The van der Waals surface area contributed by atoms with E-state index in [0.29, 0.717) is 18.8 Å². The number of amides is 1. The molecule has 0 saturated carbocycles. The molecule has 0 unspecified atom stereocenters. The molecule has 1 amide bonds. The number of hydrogen-bond acceptors (Lipinski definition) is 3. The summed E-state index contributed by atoms with van der Waals surface area (Å²) >= 11 is 0. The first-order chi connectivity index (χ1) is 14.2. The summed E-state index contributed by atoms with van der Waals surface area (Å²) in [5.74, 6) is -0.354. The highest BCUT2D eigenvalue weighted by molar-refractivity contribution is 5.92. The molecule has 4 heteroatoms. The molecule has 0 atom stereocenters. The second kappa shape index (κ2) is 18.5. The second-order valence-electron chi connectivity index (χ2n) is 8.12. The van der Waals surface area contributed by atoms with Gasteiger partial charge < -0.3 is 15.4 Å². The number of hydrogen-bond donors (Lipinski definition) is 1. The Balaban J connectivity index is 1.79. The zero-order chi connectivity index (χ0) is 21.0. The van der Waals surface area contributed by atoms with Gasteiger partial charge in [0.15, 0.2) is 0 Å². The summed E-state index contributed by atoms with van der Waals surface area (Å²) in [6.45, 7) is 4.11. The van der Waals surface area contributed by atoms with Gasteiger partial charge in [0.05, 0.1) is 6.54 Å². The van der Waals surface area contributed by atoms with Crippen LogP contribution < -0.4 is 5.73 Å². The van der Waals surface area contributed by atoms with E-state index in [2.05, 4.69) is 19.1 Å². The summed E-state index contributed by atoms with van der Waals surface area (Å²) in [6.07, 6.45) is 28.8. The number of primary amides is 1. The van der Waals surface area contributed by atoms with Gasteiger partial charge in [-0.25, -0.2) is 0 Å². The maximum absolute atomic E-state index is 11.2. The van der Waals surface area contributed by atoms with Gasteiger partial charge in [0.2, 0.25) is 5.91 Å². The van der Waals surface area contributed by atoms with E-state index in [-0.39, 0.29) is 5.91 Å². The van der Waals surface area contributed by atoms with Crippen molar-refractivity contribution in [3.63, 3.8) is 0 Å². The predicted molar refractivity (Wildman–Crippen MR) is 123 cm³/mol. The summed E-state index contributed by atoms with van der Waals surface area (Å²) in [5, 5.41) is 0. The van der Waals surface area contributed by atoms with Crippen LogP contribution in [-0.2, 0) is 9.53 Å². The largest absolute Gasteiger partial charge is 0.366 e. The Hall–Kier alpha value is -1.55. The third kappa shape index (κ3) is 15.0. The lowest BCUT2D eigenvalue weighted by molar-refractivity contribution is -0.114. The van der Waals surface area contributed by atoms with E-state index in [1.54, 1.807) is 6.08 Å². The molecule has 0 aromatic heterocycles. The first-order valence-electron chi connectivity index (χ1n) is 11.9. The number of carbonyl (C=O) groups is 1. The number of ether oxygens (including phenoxy) is 1. The first-order valence-corrected chi connectivity index (χ1v) is 11.9. The predicted octanol–water partition coefficient (Wildman–Crippen LogP) is 6.24. The molecule has 0 aromatic carbocycles. The van der Waals surface area contributed by atoms with E-state index in [4.69, 9.17) is 10.5 Å². The monoisotopic (exact) mass is 404 g/mol. The molecule has 2 N–H and O–H groups in total. The molecular formula is C25H44N2O2. The Morgan fingerprint density at radius 3 is 2.17 bits per heavy atom. The van der Waals surface area contributed by atoms with Gasteiger partial charge in [-0.05, 0) is 38.2 Å². The van der Waals surface area contributed by atoms with E-state index in [1.165, 1.54) is 83.5 Å². The standard InChI is InChI=1S/C25H44N2O2/c1-2-3-4-5-6-7-8-9-10-11-12-13-14-15-16-17-21-29-23-27-20-18-19-24(22-27)25(26)28/h9-10,18-20H,2-8,11-17,21-23H2,1H3,(H2,26,28). The van der Waals surface area contributed by atoms with E-state index < -0.39 is 0 Å². The van der Waals surface area contributed by atoms with Crippen LogP contribution in [0.25, 0.3) is 0 Å². The summed E-state index contributed by atoms with van der Waals surface area (Å²) in [7, 11) is 0. The van der Waals surface area contributed by atoms with Gasteiger partial charge in [-0.2, -0.15) is 0 Å². The zero-order valence-corrected chi connectivity index (χ0v) is 18.7. The molecule has 1 rings (SSSR count). The Morgan fingerprint density at radius 1 is 0.966 bits per heavy atom. The fourth-order valence-electron chi connectivity index (χ4n) is 3.49. The minimum atomic E-state index is -0.354. The lowest BCUT2D eigenvalue weighted by atomic mass is 10.1. The molecular weight excluding hydrogens is 360 g/mol. The van der Waals surface area contributed by atoms with Crippen molar-refractivity contribution in [3.8, 4) is 0 Å². The van der Waals surface area contributed by atoms with Crippen molar-refractivity contribution in [2.45, 2.75) is 96.8 Å². The maximum Gasteiger partial charge on any atom is 0.246 e. The summed E-state index contributed by atoms with van der Waals surface area (Å²) in [5.41, 5.74) is 5.95. The molecule has 1 aliphatic rings. The smallest absolute Gasteiger partial charge is 0.246 e. The molecule has 0 fully saturated rings. The fraction of sp³-hybridized carbons (Fsp3) is 0.720. The van der Waals surface area contributed by atoms with Gasteiger partial charge in [-0.1, -0.05) is 82.9 Å². The highest BCUT2D eigenvalue weighted by Gasteiger charge is 2.11. The molecule has 29 heavy (non-hydrogen) atoms. The van der Waals surface area contributed by atoms with Gasteiger partial charge in [-0.15, -0.1) is 0 Å². The highest BCUT2D eigenvalue weighted by atomic mass is 16.5. The molecule has 0 bridgehead atoms. The van der Waals surface area contributed by atoms with E-state index in [0.717, 1.165) is 13.0 Å². The van der Waals surface area contributed by atoms with Gasteiger partial charge in [0, 0.05) is 18.4 Å². The average Bonchev–Trinajstić information content (AvgIpc) is 2.73. The number of allylic oxidation sites excluding steroid dienone is 4. The molecule has 0 aromatic rings. The van der Waals surface area contributed by atoms with Crippen molar-refractivity contribution in [2.75, 3.05) is 19.9 Å². The van der Waals surface area contributed by atoms with Crippen LogP contribution in [0.5, 0.6) is 0 Å². The molecule has 4 nitrogen and oxygen atoms in total. The van der Waals surface area contributed by atoms with E-state index in [1.807, 2.05) is 17.2 Å². The molecule has 0 saturated heterocycles. The highest BCUT2D eigenvalue weighted by Crippen LogP contribution is 2.11. The second-order valence-corrected chi connectivity index (χ2v) is 8.12. The van der Waals surface area contributed by atoms with Crippen LogP contribution in [0.2, 0.25) is 0 Å². The lowest BCUT2D eigenvalue weighted by Crippen LogP contribution is -2.30. The summed E-state index contributed by atoms with van der Waals surface area (Å²) in [6, 6.07) is 0. The fourth-order valence-corrected chi connectivity index (χ4v) is 3.49. The van der Waals surface area contributed by atoms with Gasteiger partial charge in [-0.3, -0.25) is 4.79 Å². The molecule has 0 spiro atoms. The Morgan fingerprint density at radius 2 is 1.55 bits per heavy atom. The Bertz CT molecular complexity index is 497. The van der Waals surface area contributed by atoms with Crippen molar-refractivity contribution >= 4 is 5.91 Å². The van der Waals surface area contributed by atoms with Crippen molar-refractivity contribution < 1.29 is 9.53 Å². The van der Waals surface area contributed by atoms with Crippen LogP contribution in [0.15, 0.2) is 36.1 Å². The van der Waals surface area contributed by atoms with Gasteiger partial charge in [0.25, 0.3) is 0 Å². The third-order valence-electron chi connectivity index (χ3n) is 5.34. The van der Waals surface area contributed by atoms with Gasteiger partial charge >= 0.3 is 0 Å². The lowest BCUT2D eigenvalue weighted by Gasteiger charge is -2.23. The molecule has 0 radical (unpaired) electrons. The molecule has 1 heterocycles. The van der Waals surface area contributed by atoms with Crippen LogP contribution in [0.3, 0.4) is 0 Å². The van der Waals surface area contributed by atoms with Crippen LogP contribution in [0.4, 0.5) is 0 Å². The topological polar surface area (TPSA) is 55.6 Å². The Labute approximate surface area is 179 Å². The summed E-state index contributed by atoms with van der Waals surface area (Å²) in [4.78, 5) is 13.2. The van der Waals surface area contributed by atoms with Crippen LogP contribution in [0.1, 0.15) is 96.8 Å². The number of nitrogens with two attached hydrogens (primary N) is 1. The quantitative estimate of drug-likeness (QED) is 0.205. The van der Waals surface area contributed by atoms with E-state index >= 15 is 0 Å². The van der Waals surface area contributed by atoms with Crippen LogP contribution >= 0.6 is 0 Å². The minimum absolute atomic E-state index is 0.354. The normalized spacial score (nSPS) is 14.0. The van der Waals surface area contributed by atoms with Crippen molar-refractivity contribution in [1.29, 1.82) is 0 Å². The summed E-state index contributed by atoms with van der Waals surface area (Å²) < 4.78 is 5.71. The number of rotatable bonds is 19. The SMILES string of the molecule is CCCCCCCCC=CCCCCCCCCOCN1C=CC=C(C(N)=O)C1. The number of nitrogens with zero attached hydrogens (tertiary/aromatic N) is 1. The Kier molecular flexibility index (Phi) is 16.2. The first kappa shape index (κ1) is 25.5. The van der Waals surface area contributed by atoms with Crippen LogP contribution in [0, 0.1) is 0 Å². The number of carbonyl (C=O) groups excluding carboxylic acids is 1. The zero-order valence-electron chi connectivity index (χ0n) is 18.7. The van der Waals surface area contributed by atoms with E-state index in [9.17, 15) is 4.79 Å². The third-order valence-corrected chi connectivity index (χ3v) is 5.34.